The highest BCUT2D eigenvalue weighted by Gasteiger charge is 2.76. The van der Waals surface area contributed by atoms with Gasteiger partial charge in [-0.25, -0.2) is 0 Å². The van der Waals surface area contributed by atoms with Gasteiger partial charge in [-0.05, 0) is 196 Å². The van der Waals surface area contributed by atoms with Crippen LogP contribution in [0, 0.1) is 28.1 Å². The summed E-state index contributed by atoms with van der Waals surface area (Å²) in [7, 11) is 0. The summed E-state index contributed by atoms with van der Waals surface area (Å²) in [6.07, 6.45) is 21.5. The molecule has 2 aromatic carbocycles. The fourth-order valence-corrected chi connectivity index (χ4v) is 18.1. The van der Waals surface area contributed by atoms with Crippen molar-refractivity contribution in [2.45, 2.75) is 228 Å². The quantitative estimate of drug-likeness (QED) is 0.218. The zero-order valence-corrected chi connectivity index (χ0v) is 46.8. The molecule has 1 spiro atoms. The lowest BCUT2D eigenvalue weighted by Gasteiger charge is -2.52. The monoisotopic (exact) mass is 927 g/mol. The van der Waals surface area contributed by atoms with E-state index in [0.29, 0.717) is 17.3 Å². The van der Waals surface area contributed by atoms with Crippen molar-refractivity contribution in [1.82, 2.24) is 0 Å². The van der Waals surface area contributed by atoms with Gasteiger partial charge in [-0.1, -0.05) is 147 Å². The molecule has 362 valence electrons. The summed E-state index contributed by atoms with van der Waals surface area (Å²) in [6, 6.07) is 13.5. The van der Waals surface area contributed by atoms with Gasteiger partial charge in [-0.2, -0.15) is 11.3 Å². The Labute approximate surface area is 418 Å². The summed E-state index contributed by atoms with van der Waals surface area (Å²) in [4.78, 5) is 7.46. The lowest BCUT2D eigenvalue weighted by molar-refractivity contribution is 0.0734. The Morgan fingerprint density at radius 3 is 1.99 bits per heavy atom. The Bertz CT molecular complexity index is 2790. The van der Waals surface area contributed by atoms with Crippen molar-refractivity contribution in [3.05, 3.63) is 109 Å². The summed E-state index contributed by atoms with van der Waals surface area (Å²) in [5.41, 5.74) is 23.0. The molecule has 0 saturated heterocycles. The molecule has 8 aliphatic rings. The first kappa shape index (κ1) is 47.1. The van der Waals surface area contributed by atoms with E-state index in [1.54, 1.807) is 59.7 Å². The molecule has 2 fully saturated rings. The van der Waals surface area contributed by atoms with E-state index in [0.717, 1.165) is 12.8 Å². The van der Waals surface area contributed by atoms with Gasteiger partial charge in [-0.3, -0.25) is 0 Å². The predicted octanol–water partition coefficient (Wildman–Crippen LogP) is 16.5. The molecule has 0 bridgehead atoms. The molecule has 0 amide bonds. The van der Waals surface area contributed by atoms with E-state index in [-0.39, 0.29) is 50.7 Å². The van der Waals surface area contributed by atoms with E-state index >= 15 is 0 Å². The van der Waals surface area contributed by atoms with Crippen LogP contribution in [0.25, 0.3) is 0 Å². The van der Waals surface area contributed by atoms with Crippen molar-refractivity contribution in [3.63, 3.8) is 0 Å². The van der Waals surface area contributed by atoms with Gasteiger partial charge in [0.2, 0.25) is 0 Å². The van der Waals surface area contributed by atoms with Crippen molar-refractivity contribution >= 4 is 45.4 Å². The Morgan fingerprint density at radius 1 is 0.735 bits per heavy atom. The molecule has 4 unspecified atom stereocenters. The zero-order chi connectivity index (χ0) is 48.8. The maximum Gasteiger partial charge on any atom is 0.259 e. The van der Waals surface area contributed by atoms with Crippen LogP contribution < -0.4 is 20.0 Å². The van der Waals surface area contributed by atoms with Gasteiger partial charge in [0.05, 0.1) is 11.7 Å². The summed E-state index contributed by atoms with van der Waals surface area (Å²) in [5, 5.41) is 0. The van der Waals surface area contributed by atoms with E-state index in [4.69, 9.17) is 0 Å². The van der Waals surface area contributed by atoms with Crippen LogP contribution in [0.5, 0.6) is 0 Å². The molecular formula is C64H87BN2S. The van der Waals surface area contributed by atoms with Crippen molar-refractivity contribution < 1.29 is 0 Å². The number of thiophene rings is 1. The average molecular weight is 927 g/mol. The average Bonchev–Trinajstić information content (AvgIpc) is 3.87. The van der Waals surface area contributed by atoms with Gasteiger partial charge in [-0.15, -0.1) is 0 Å². The largest absolute Gasteiger partial charge is 0.334 e. The second-order valence-electron chi connectivity index (χ2n) is 28.5. The number of unbranched alkanes of at least 4 members (excludes halogenated alkanes) is 1. The van der Waals surface area contributed by atoms with Crippen LogP contribution in [0.2, 0.25) is 0 Å². The third-order valence-electron chi connectivity index (χ3n) is 21.0. The fraction of sp³-hybridized carbons (Fsp3) is 0.625. The Morgan fingerprint density at radius 2 is 1.35 bits per heavy atom. The third kappa shape index (κ3) is 6.31. The number of hydrogen-bond acceptors (Lipinski definition) is 3. The lowest BCUT2D eigenvalue weighted by atomic mass is 9.33. The van der Waals surface area contributed by atoms with Crippen molar-refractivity contribution in [2.24, 2.45) is 28.1 Å². The number of nitrogens with zero attached hydrogens (tertiary/aromatic N) is 2. The number of fused-ring (bicyclic) bond motifs is 7. The molecule has 6 aliphatic carbocycles. The molecule has 3 aromatic rings. The predicted molar refractivity (Wildman–Crippen MR) is 297 cm³/mol. The SMILES string of the molecule is CCCCC(C)(C)c1c(CC)sc2c1N(C1=C(C)C3C4C(C)(C)CCC(C)(C)C34C=C1)C1CC(C)=CC3=C1B2c1cc2c(cc1N3c1ccc3c(c1)C(C)(C)CCC3(C)C)C(C)(C)CCC2(C)C. The van der Waals surface area contributed by atoms with Crippen molar-refractivity contribution in [2.75, 3.05) is 9.80 Å². The Balaban J connectivity index is 1.24. The van der Waals surface area contributed by atoms with Crippen molar-refractivity contribution in [3.8, 4) is 0 Å². The smallest absolute Gasteiger partial charge is 0.259 e. The van der Waals surface area contributed by atoms with Crippen LogP contribution in [0.1, 0.15) is 222 Å². The highest BCUT2D eigenvalue weighted by atomic mass is 32.1. The standard InChI is InChI=1S/C64H87BN2S/c1-19-21-25-61(13,14)52-50(20-2)68-56-54(52)67(46-24-26-64-51(39(46)4)55(64)62(15,16)31-32-63(64,17)18)49-34-38(3)33-48-53(49)65(56)45-36-43-44(60(11,12)30-29-59(43,9)10)37-47(45)66(48)40-22-23-41-42(35-40)58(7,8)28-27-57(41,5)6/h22-24,26,33,35-37,49,51,55H,19-21,25,27-32,34H2,1-18H3. The van der Waals surface area contributed by atoms with E-state index in [9.17, 15) is 0 Å². The van der Waals surface area contributed by atoms with E-state index in [1.165, 1.54) is 86.1 Å². The second kappa shape index (κ2) is 14.7. The maximum absolute atomic E-state index is 3.03. The van der Waals surface area contributed by atoms with Gasteiger partial charge < -0.3 is 9.80 Å². The number of benzene rings is 2. The molecule has 4 heteroatoms. The summed E-state index contributed by atoms with van der Waals surface area (Å²) >= 11 is 2.20. The Kier molecular flexibility index (Phi) is 10.2. The van der Waals surface area contributed by atoms with E-state index < -0.39 is 0 Å². The van der Waals surface area contributed by atoms with E-state index in [1.807, 2.05) is 0 Å². The van der Waals surface area contributed by atoms with Crippen LogP contribution in [0.4, 0.5) is 17.1 Å². The van der Waals surface area contributed by atoms with Crippen LogP contribution >= 0.6 is 11.3 Å². The second-order valence-corrected chi connectivity index (χ2v) is 29.7. The minimum absolute atomic E-state index is 0.0496. The highest BCUT2D eigenvalue weighted by Crippen LogP contribution is 2.82. The first-order chi connectivity index (χ1) is 31.7. The Hall–Kier alpha value is -3.24. The van der Waals surface area contributed by atoms with Crippen LogP contribution in [-0.4, -0.2) is 12.8 Å². The normalized spacial score (nSPS) is 29.3. The van der Waals surface area contributed by atoms with Crippen LogP contribution in [-0.2, 0) is 33.5 Å². The molecule has 2 nitrogen and oxygen atoms in total. The van der Waals surface area contributed by atoms with Gasteiger partial charge in [0, 0.05) is 37.8 Å². The lowest BCUT2D eigenvalue weighted by Crippen LogP contribution is -2.62. The minimum Gasteiger partial charge on any atom is -0.334 e. The number of allylic oxidation sites excluding steroid dienone is 4. The van der Waals surface area contributed by atoms with Crippen LogP contribution in [0.3, 0.4) is 0 Å². The fourth-order valence-electron chi connectivity index (χ4n) is 16.6. The molecule has 2 aliphatic heterocycles. The molecule has 4 atom stereocenters. The van der Waals surface area contributed by atoms with Gasteiger partial charge >= 0.3 is 0 Å². The van der Waals surface area contributed by atoms with Gasteiger partial charge in [0.15, 0.2) is 0 Å². The molecule has 3 heterocycles. The zero-order valence-electron chi connectivity index (χ0n) is 46.0. The third-order valence-corrected chi connectivity index (χ3v) is 22.4. The molecule has 2 saturated carbocycles. The number of anilines is 3. The molecule has 11 rings (SSSR count). The topological polar surface area (TPSA) is 6.48 Å². The highest BCUT2D eigenvalue weighted by molar-refractivity contribution is 7.28. The summed E-state index contributed by atoms with van der Waals surface area (Å²) in [6.45, 7) is 45.8. The first-order valence-corrected chi connectivity index (χ1v) is 28.4. The molecule has 1 aromatic heterocycles. The molecule has 68 heavy (non-hydrogen) atoms. The van der Waals surface area contributed by atoms with E-state index in [2.05, 4.69) is 194 Å². The number of aryl methyl sites for hydroxylation is 1. The van der Waals surface area contributed by atoms with Gasteiger partial charge in [0.25, 0.3) is 6.71 Å². The maximum atomic E-state index is 3.03. The number of rotatable bonds is 7. The summed E-state index contributed by atoms with van der Waals surface area (Å²) in [5.74, 6) is 1.28. The summed E-state index contributed by atoms with van der Waals surface area (Å²) < 4.78 is 1.61. The van der Waals surface area contributed by atoms with Crippen LogP contribution in [0.15, 0.2) is 76.6 Å². The molecule has 0 radical (unpaired) electrons. The van der Waals surface area contributed by atoms with Crippen molar-refractivity contribution in [1.29, 1.82) is 0 Å². The molecular weight excluding hydrogens is 840 g/mol. The molecule has 0 N–H and O–H groups in total. The first-order valence-electron chi connectivity index (χ1n) is 27.6. The number of hydrogen-bond donors (Lipinski definition) is 0. The van der Waals surface area contributed by atoms with Gasteiger partial charge in [0.1, 0.15) is 0 Å². The minimum atomic E-state index is 0.0496.